The van der Waals surface area contributed by atoms with Crippen LogP contribution < -0.4 is 5.32 Å². The zero-order valence-corrected chi connectivity index (χ0v) is 16.0. The summed E-state index contributed by atoms with van der Waals surface area (Å²) in [6.45, 7) is 2.90. The molecule has 6 heteroatoms. The van der Waals surface area contributed by atoms with Gasteiger partial charge in [-0.2, -0.15) is 5.10 Å². The van der Waals surface area contributed by atoms with Crippen molar-refractivity contribution in [1.29, 1.82) is 0 Å². The van der Waals surface area contributed by atoms with Gasteiger partial charge in [-0.3, -0.25) is 9.89 Å². The molecule has 0 saturated carbocycles. The van der Waals surface area contributed by atoms with Gasteiger partial charge in [0.1, 0.15) is 5.82 Å². The molecular formula is C21H29FN4O. The standard InChI is InChI=1S/C21H29FN4O/c1-26(21(27)8-7-16-9-11-23-12-10-16)13-3-6-19-15-20(25-24-19)17-4-2-5-18(22)14-17/h2,4-5,14-16,23H,3,6-13H2,1H3,(H,24,25). The molecule has 0 radical (unpaired) electrons. The Kier molecular flexibility index (Phi) is 6.98. The fourth-order valence-corrected chi connectivity index (χ4v) is 3.61. The van der Waals surface area contributed by atoms with Crippen LogP contribution in [0.1, 0.15) is 37.8 Å². The van der Waals surface area contributed by atoms with E-state index in [9.17, 15) is 9.18 Å². The van der Waals surface area contributed by atoms with Crippen molar-refractivity contribution in [2.24, 2.45) is 5.92 Å². The van der Waals surface area contributed by atoms with Gasteiger partial charge < -0.3 is 10.2 Å². The van der Waals surface area contributed by atoms with Gasteiger partial charge in [-0.05, 0) is 69.3 Å². The summed E-state index contributed by atoms with van der Waals surface area (Å²) in [4.78, 5) is 14.1. The zero-order valence-electron chi connectivity index (χ0n) is 16.0. The lowest BCUT2D eigenvalue weighted by atomic mass is 9.93. The first-order chi connectivity index (χ1) is 13.1. The minimum absolute atomic E-state index is 0.235. The van der Waals surface area contributed by atoms with Crippen molar-refractivity contribution in [1.82, 2.24) is 20.4 Å². The zero-order chi connectivity index (χ0) is 19.1. The predicted octanol–water partition coefficient (Wildman–Crippen LogP) is 3.39. The van der Waals surface area contributed by atoms with E-state index in [-0.39, 0.29) is 11.7 Å². The Bertz CT molecular complexity index is 739. The highest BCUT2D eigenvalue weighted by molar-refractivity contribution is 5.75. The van der Waals surface area contributed by atoms with Crippen LogP contribution in [0.25, 0.3) is 11.3 Å². The second-order valence-electron chi connectivity index (χ2n) is 7.44. The largest absolute Gasteiger partial charge is 0.346 e. The molecule has 3 rings (SSSR count). The van der Waals surface area contributed by atoms with Crippen molar-refractivity contribution in [3.8, 4) is 11.3 Å². The highest BCUT2D eigenvalue weighted by Gasteiger charge is 2.16. The average molecular weight is 372 g/mol. The third kappa shape index (κ3) is 5.89. The molecule has 2 heterocycles. The van der Waals surface area contributed by atoms with Crippen molar-refractivity contribution in [3.63, 3.8) is 0 Å². The molecule has 1 aliphatic heterocycles. The molecule has 1 saturated heterocycles. The molecule has 2 aromatic rings. The summed E-state index contributed by atoms with van der Waals surface area (Å²) in [5, 5.41) is 10.6. The predicted molar refractivity (Wildman–Crippen MR) is 105 cm³/mol. The van der Waals surface area contributed by atoms with Crippen LogP contribution in [0.4, 0.5) is 4.39 Å². The maximum Gasteiger partial charge on any atom is 0.222 e. The number of amides is 1. The third-order valence-electron chi connectivity index (χ3n) is 5.34. The molecule has 0 aliphatic carbocycles. The fourth-order valence-electron chi connectivity index (χ4n) is 3.61. The molecule has 27 heavy (non-hydrogen) atoms. The van der Waals surface area contributed by atoms with E-state index in [4.69, 9.17) is 0 Å². The lowest BCUT2D eigenvalue weighted by molar-refractivity contribution is -0.130. The van der Waals surface area contributed by atoms with Crippen LogP contribution in [-0.2, 0) is 11.2 Å². The second kappa shape index (κ2) is 9.65. The molecule has 146 valence electrons. The molecule has 5 nitrogen and oxygen atoms in total. The van der Waals surface area contributed by atoms with Crippen LogP contribution >= 0.6 is 0 Å². The van der Waals surface area contributed by atoms with Crippen molar-refractivity contribution >= 4 is 5.91 Å². The number of carbonyl (C=O) groups is 1. The number of benzene rings is 1. The van der Waals surface area contributed by atoms with Gasteiger partial charge in [-0.25, -0.2) is 4.39 Å². The molecular weight excluding hydrogens is 343 g/mol. The summed E-state index contributed by atoms with van der Waals surface area (Å²) in [5.74, 6) is 0.662. The van der Waals surface area contributed by atoms with Gasteiger partial charge >= 0.3 is 0 Å². The third-order valence-corrected chi connectivity index (χ3v) is 5.34. The van der Waals surface area contributed by atoms with Crippen LogP contribution in [0.3, 0.4) is 0 Å². The molecule has 2 N–H and O–H groups in total. The SMILES string of the molecule is CN(CCCc1cc(-c2cccc(F)c2)n[nH]1)C(=O)CCC1CCNCC1. The number of nitrogens with zero attached hydrogens (tertiary/aromatic N) is 2. The molecule has 1 aromatic carbocycles. The number of nitrogens with one attached hydrogen (secondary N) is 2. The van der Waals surface area contributed by atoms with Gasteiger partial charge in [0.05, 0.1) is 5.69 Å². The summed E-state index contributed by atoms with van der Waals surface area (Å²) in [7, 11) is 1.88. The highest BCUT2D eigenvalue weighted by Crippen LogP contribution is 2.20. The molecule has 0 spiro atoms. The smallest absolute Gasteiger partial charge is 0.222 e. The quantitative estimate of drug-likeness (QED) is 0.747. The van der Waals surface area contributed by atoms with Crippen molar-refractivity contribution in [2.45, 2.75) is 38.5 Å². The van der Waals surface area contributed by atoms with E-state index in [1.165, 1.54) is 25.0 Å². The number of halogens is 1. The summed E-state index contributed by atoms with van der Waals surface area (Å²) in [6.07, 6.45) is 5.71. The number of aromatic nitrogens is 2. The van der Waals surface area contributed by atoms with Crippen LogP contribution in [0, 0.1) is 11.7 Å². The summed E-state index contributed by atoms with van der Waals surface area (Å²) in [6, 6.07) is 8.39. The van der Waals surface area contributed by atoms with Gasteiger partial charge in [0.25, 0.3) is 0 Å². The number of hydrogen-bond acceptors (Lipinski definition) is 3. The van der Waals surface area contributed by atoms with E-state index in [1.54, 1.807) is 6.07 Å². The van der Waals surface area contributed by atoms with Gasteiger partial charge in [0.2, 0.25) is 5.91 Å². The minimum atomic E-state index is -0.262. The normalized spacial score (nSPS) is 15.0. The maximum absolute atomic E-state index is 13.3. The van der Waals surface area contributed by atoms with Crippen LogP contribution in [-0.4, -0.2) is 47.7 Å². The number of hydrogen-bond donors (Lipinski definition) is 2. The van der Waals surface area contributed by atoms with E-state index in [1.807, 2.05) is 24.1 Å². The minimum Gasteiger partial charge on any atom is -0.346 e. The monoisotopic (exact) mass is 372 g/mol. The van der Waals surface area contributed by atoms with E-state index in [0.29, 0.717) is 12.3 Å². The van der Waals surface area contributed by atoms with E-state index in [2.05, 4.69) is 15.5 Å². The number of rotatable bonds is 8. The molecule has 0 atom stereocenters. The topological polar surface area (TPSA) is 61.0 Å². The van der Waals surface area contributed by atoms with Gasteiger partial charge in [0.15, 0.2) is 0 Å². The molecule has 1 aromatic heterocycles. The van der Waals surface area contributed by atoms with Gasteiger partial charge in [-0.1, -0.05) is 12.1 Å². The Hall–Kier alpha value is -2.21. The first-order valence-electron chi connectivity index (χ1n) is 9.87. The Morgan fingerprint density at radius 3 is 2.89 bits per heavy atom. The summed E-state index contributed by atoms with van der Waals surface area (Å²) < 4.78 is 13.3. The van der Waals surface area contributed by atoms with E-state index in [0.717, 1.165) is 55.8 Å². The van der Waals surface area contributed by atoms with Crippen LogP contribution in [0.2, 0.25) is 0 Å². The van der Waals surface area contributed by atoms with Crippen molar-refractivity contribution in [3.05, 3.63) is 41.8 Å². The van der Waals surface area contributed by atoms with Gasteiger partial charge in [0, 0.05) is 31.3 Å². The lowest BCUT2D eigenvalue weighted by Crippen LogP contribution is -2.31. The van der Waals surface area contributed by atoms with Crippen molar-refractivity contribution < 1.29 is 9.18 Å². The number of aryl methyl sites for hydroxylation is 1. The van der Waals surface area contributed by atoms with E-state index >= 15 is 0 Å². The Morgan fingerprint density at radius 1 is 1.30 bits per heavy atom. The molecule has 0 unspecified atom stereocenters. The van der Waals surface area contributed by atoms with Crippen molar-refractivity contribution in [2.75, 3.05) is 26.7 Å². The van der Waals surface area contributed by atoms with Crippen LogP contribution in [0.15, 0.2) is 30.3 Å². The molecule has 1 fully saturated rings. The maximum atomic E-state index is 13.3. The Balaban J connectivity index is 1.39. The second-order valence-corrected chi connectivity index (χ2v) is 7.44. The first kappa shape index (κ1) is 19.5. The van der Waals surface area contributed by atoms with Gasteiger partial charge in [-0.15, -0.1) is 0 Å². The number of H-pyrrole nitrogens is 1. The number of carbonyl (C=O) groups excluding carboxylic acids is 1. The Morgan fingerprint density at radius 2 is 2.11 bits per heavy atom. The summed E-state index contributed by atoms with van der Waals surface area (Å²) in [5.41, 5.74) is 2.52. The number of aromatic amines is 1. The van der Waals surface area contributed by atoms with Crippen LogP contribution in [0.5, 0.6) is 0 Å². The molecule has 1 amide bonds. The fraction of sp³-hybridized carbons (Fsp3) is 0.524. The Labute approximate surface area is 160 Å². The highest BCUT2D eigenvalue weighted by atomic mass is 19.1. The lowest BCUT2D eigenvalue weighted by Gasteiger charge is -2.23. The summed E-state index contributed by atoms with van der Waals surface area (Å²) >= 11 is 0. The van der Waals surface area contributed by atoms with E-state index < -0.39 is 0 Å². The first-order valence-corrected chi connectivity index (χ1v) is 9.87. The molecule has 1 aliphatic rings. The average Bonchev–Trinajstić information content (AvgIpc) is 3.16. The number of piperidine rings is 1. The molecule has 0 bridgehead atoms.